The summed E-state index contributed by atoms with van der Waals surface area (Å²) in [6, 6.07) is 22.1. The number of esters is 1. The number of aromatic amines is 1. The van der Waals surface area contributed by atoms with Crippen LogP contribution in [0.1, 0.15) is 167 Å². The van der Waals surface area contributed by atoms with Crippen molar-refractivity contribution in [2.75, 3.05) is 26.2 Å². The van der Waals surface area contributed by atoms with Crippen LogP contribution < -0.4 is 41.8 Å². The summed E-state index contributed by atoms with van der Waals surface area (Å²) in [4.78, 5) is 27.5. The number of pyridine rings is 1. The fraction of sp³-hybridized carbons (Fsp3) is 0.524. The summed E-state index contributed by atoms with van der Waals surface area (Å²) in [5.41, 5.74) is 13.4. The molecule has 12 N–H and O–H groups in total. The van der Waals surface area contributed by atoms with Crippen molar-refractivity contribution in [3.05, 3.63) is 154 Å². The highest BCUT2D eigenvalue weighted by Crippen LogP contribution is 2.67. The number of fused-ring (bicyclic) bond motifs is 11. The van der Waals surface area contributed by atoms with Crippen molar-refractivity contribution >= 4 is 22.8 Å². The summed E-state index contributed by atoms with van der Waals surface area (Å²) in [5, 5.41) is 71.5. The number of aliphatic hydroxyl groups excluding tert-OH is 1. The highest BCUT2D eigenvalue weighted by atomic mass is 16.6. The number of aryl methyl sites for hydroxylation is 1. The van der Waals surface area contributed by atoms with Crippen molar-refractivity contribution in [1.82, 2.24) is 41.1 Å². The molecule has 6 fully saturated rings. The molecule has 7 aliphatic heterocycles. The second kappa shape index (κ2) is 25.1. The number of carbonyl (C=O) groups excluding carboxylic acids is 1. The van der Waals surface area contributed by atoms with Crippen LogP contribution in [-0.2, 0) is 40.0 Å². The predicted octanol–water partition coefficient (Wildman–Crippen LogP) is 10.3. The van der Waals surface area contributed by atoms with E-state index in [4.69, 9.17) is 29.7 Å². The maximum atomic E-state index is 14.6. The van der Waals surface area contributed by atoms with Crippen LogP contribution in [0, 0.1) is 75.4 Å². The number of ether oxygens (including phenoxy) is 4. The molecule has 6 aromatic rings. The number of carbonyl (C=O) groups is 1. The van der Waals surface area contributed by atoms with Gasteiger partial charge in [0.1, 0.15) is 24.6 Å². The van der Waals surface area contributed by atoms with Gasteiger partial charge >= 0.3 is 5.97 Å². The molecule has 12 aliphatic rings. The van der Waals surface area contributed by atoms with Crippen molar-refractivity contribution in [1.29, 1.82) is 0 Å². The molecule has 3 aromatic carbocycles. The SMILES string of the molecule is CCNC1c2c3cccc2C2CCC(CC4=CCNC(N)=C4)(CN=C4NC5n6cc7[nH]ccc7c6CCC56C(O)NC5CCCCC5C#CCC57Cc8ccc(O)c(c8)OC8CC(C3)CC6(N4)C8C#CC5CCC3C(OC(C)=O)CC(c4cc(O)c(O)c(OCCc5cccnc5)c4)OC37)C21. The Bertz CT molecular complexity index is 4480. The van der Waals surface area contributed by atoms with Gasteiger partial charge in [-0.15, -0.1) is 5.92 Å². The van der Waals surface area contributed by atoms with Crippen LogP contribution in [0.2, 0.25) is 0 Å². The summed E-state index contributed by atoms with van der Waals surface area (Å²) in [7, 11) is 0. The summed E-state index contributed by atoms with van der Waals surface area (Å²) in [6.45, 7) is 5.92. The van der Waals surface area contributed by atoms with E-state index in [1.54, 1.807) is 24.5 Å². The van der Waals surface area contributed by atoms with Gasteiger partial charge in [-0.3, -0.25) is 20.1 Å². The number of aliphatic hydroxyl groups is 1. The second-order valence-electron chi connectivity index (χ2n) is 31.8. The molecule has 101 heavy (non-hydrogen) atoms. The van der Waals surface area contributed by atoms with E-state index < -0.39 is 65.1 Å². The Morgan fingerprint density at radius 2 is 1.89 bits per heavy atom. The molecule has 19 unspecified atom stereocenters. The van der Waals surface area contributed by atoms with Gasteiger partial charge in [0, 0.05) is 110 Å². The molecule has 19 nitrogen and oxygen atoms in total. The van der Waals surface area contributed by atoms with Gasteiger partial charge in [-0.05, 0) is 195 Å². The lowest BCUT2D eigenvalue weighted by molar-refractivity contribution is -0.219. The maximum absolute atomic E-state index is 14.6. The van der Waals surface area contributed by atoms with Crippen LogP contribution in [0.3, 0.4) is 0 Å². The van der Waals surface area contributed by atoms with Crippen molar-refractivity contribution in [3.63, 3.8) is 0 Å². The van der Waals surface area contributed by atoms with E-state index in [-0.39, 0.29) is 83.1 Å². The van der Waals surface area contributed by atoms with Gasteiger partial charge in [0.25, 0.3) is 0 Å². The topological polar surface area (TPSA) is 267 Å². The molecule has 2 saturated heterocycles. The number of benzene rings is 3. The molecule has 0 amide bonds. The van der Waals surface area contributed by atoms with Crippen molar-refractivity contribution in [3.8, 4) is 52.4 Å². The van der Waals surface area contributed by atoms with Crippen molar-refractivity contribution < 1.29 is 44.2 Å². The molecular weight excluding hydrogens is 1270 g/mol. The van der Waals surface area contributed by atoms with Gasteiger partial charge in [-0.1, -0.05) is 73.9 Å². The third-order valence-electron chi connectivity index (χ3n) is 26.6. The number of hydrogen-bond acceptors (Lipinski definition) is 17. The number of hydrogen-bond donors (Lipinski definition) is 11. The van der Waals surface area contributed by atoms with E-state index in [1.165, 1.54) is 40.9 Å². The molecule has 10 heterocycles. The maximum Gasteiger partial charge on any atom is 0.302 e. The second-order valence-corrected chi connectivity index (χ2v) is 31.8. The average Bonchev–Trinajstić information content (AvgIpc) is 1.64. The summed E-state index contributed by atoms with van der Waals surface area (Å²) in [6.07, 6.45) is 20.5. The minimum atomic E-state index is -1.11. The van der Waals surface area contributed by atoms with E-state index in [1.807, 2.05) is 30.5 Å². The molecule has 18 rings (SSSR count). The number of nitrogens with two attached hydrogens (primary N) is 1. The van der Waals surface area contributed by atoms with E-state index in [0.29, 0.717) is 99.9 Å². The Balaban J connectivity index is 0.853. The first-order valence-corrected chi connectivity index (χ1v) is 37.5. The molecule has 0 radical (unpaired) electrons. The number of dihydropyridines is 1. The van der Waals surface area contributed by atoms with Crippen molar-refractivity contribution in [2.24, 2.45) is 62.5 Å². The summed E-state index contributed by atoms with van der Waals surface area (Å²) in [5.74, 6) is 16.1. The fourth-order valence-corrected chi connectivity index (χ4v) is 22.4. The number of H-pyrrole nitrogens is 1. The lowest BCUT2D eigenvalue weighted by atomic mass is 9.49. The molecule has 526 valence electrons. The number of aliphatic imine (C=N–C) groups is 1. The molecular formula is C82H94N10O9. The van der Waals surface area contributed by atoms with E-state index in [2.05, 4.69) is 114 Å². The zero-order valence-electron chi connectivity index (χ0n) is 57.8. The van der Waals surface area contributed by atoms with Gasteiger partial charge in [0.15, 0.2) is 29.0 Å². The van der Waals surface area contributed by atoms with E-state index in [9.17, 15) is 25.2 Å². The minimum Gasteiger partial charge on any atom is -0.504 e. The predicted molar refractivity (Wildman–Crippen MR) is 382 cm³/mol. The number of phenolic OH excluding ortho intramolecular Hbond substituents is 3. The Morgan fingerprint density at radius 3 is 2.76 bits per heavy atom. The average molecular weight is 1360 g/mol. The Morgan fingerprint density at radius 1 is 0.980 bits per heavy atom. The van der Waals surface area contributed by atoms with Gasteiger partial charge < -0.3 is 75.9 Å². The van der Waals surface area contributed by atoms with Gasteiger partial charge in [-0.2, -0.15) is 0 Å². The lowest BCUT2D eigenvalue weighted by Gasteiger charge is -2.66. The van der Waals surface area contributed by atoms with Gasteiger partial charge in [0.05, 0.1) is 47.0 Å². The number of nitrogens with one attached hydrogen (secondary N) is 6. The molecule has 5 aliphatic carbocycles. The smallest absolute Gasteiger partial charge is 0.302 e. The number of allylic oxidation sites excluding steroid dienone is 2. The Labute approximate surface area is 590 Å². The zero-order chi connectivity index (χ0) is 68.5. The van der Waals surface area contributed by atoms with Crippen molar-refractivity contribution in [2.45, 2.75) is 190 Å². The van der Waals surface area contributed by atoms with Crippen LogP contribution in [0.25, 0.3) is 10.9 Å². The van der Waals surface area contributed by atoms with Gasteiger partial charge in [-0.25, -0.2) is 0 Å². The minimum absolute atomic E-state index is 0.0198. The first kappa shape index (κ1) is 64.5. The molecule has 3 aromatic heterocycles. The first-order chi connectivity index (χ1) is 49.2. The number of aromatic hydroxyl groups is 3. The monoisotopic (exact) mass is 1360 g/mol. The summed E-state index contributed by atoms with van der Waals surface area (Å²) < 4.78 is 30.8. The zero-order valence-corrected chi connectivity index (χ0v) is 57.8. The van der Waals surface area contributed by atoms with Crippen LogP contribution in [0.4, 0.5) is 0 Å². The fourth-order valence-electron chi connectivity index (χ4n) is 22.4. The number of aromatic nitrogens is 3. The largest absolute Gasteiger partial charge is 0.504 e. The number of phenols is 3. The summed E-state index contributed by atoms with van der Waals surface area (Å²) >= 11 is 0. The quantitative estimate of drug-likeness (QED) is 0.0346. The highest BCUT2D eigenvalue weighted by molar-refractivity contribution is 5.85. The normalized spacial score (nSPS) is 36.0. The highest BCUT2D eigenvalue weighted by Gasteiger charge is 2.71. The van der Waals surface area contributed by atoms with E-state index >= 15 is 0 Å². The molecule has 19 atom stereocenters. The molecule has 9 bridgehead atoms. The standard InChI is InChI=1S/C82H94N10O9/c1-3-85-73-71-52-11-6-13-55(71)56-21-27-79(72(56)73,40-49-23-30-87-70(83)36-49)45-88-78-90-76-81(28-22-62-57-24-31-86-61(57)44-92(62)76)77(97)89-60-14-5-4-10-51(60)12-7-26-80-41-48-15-20-63(94)68(34-48)100-67-35-50(33-52)42-82(81,91-78)59(67)19-17-54(80)16-18-58-66(99-46(2)93)39-65(101-75(58)80)53-37-64(95)74(96)69(38-53)98-32-25-47-9-8-29-84-43-47/h6,8-9,11,13,15,20,23-24,29,31,34,36-38,43-44,50-51,54,56,58-60,65-67,72-73,75-77,85-87,89,94-97H,3-5,10,14,16,18,21-22,25-28,30,32-33,35,39-42,45,83H2,1-2H3,(H2,88,90,91). The Hall–Kier alpha value is -8.59. The Kier molecular flexibility index (Phi) is 16.1. The van der Waals surface area contributed by atoms with Crippen LogP contribution in [0.5, 0.6) is 28.7 Å². The lowest BCUT2D eigenvalue weighted by Crippen LogP contribution is -2.82. The number of rotatable bonds is 10. The van der Waals surface area contributed by atoms with Gasteiger partial charge in [0.2, 0.25) is 5.75 Å². The third kappa shape index (κ3) is 10.6. The third-order valence-corrected chi connectivity index (χ3v) is 26.6. The molecule has 19 heteroatoms. The molecule has 4 saturated carbocycles. The van der Waals surface area contributed by atoms with Crippen LogP contribution >= 0.6 is 0 Å². The number of nitrogens with zero attached hydrogens (tertiary/aromatic N) is 3. The molecule has 2 spiro atoms. The first-order valence-electron chi connectivity index (χ1n) is 37.5. The number of guanidine groups is 1. The van der Waals surface area contributed by atoms with Crippen LogP contribution in [0.15, 0.2) is 120 Å². The van der Waals surface area contributed by atoms with Crippen LogP contribution in [-0.4, -0.2) is 109 Å². The van der Waals surface area contributed by atoms with E-state index in [0.717, 1.165) is 79.9 Å².